The molecule has 0 saturated heterocycles. The molecule has 0 aliphatic rings. The van der Waals surface area contributed by atoms with Crippen molar-refractivity contribution in [1.82, 2.24) is 19.7 Å². The molecule has 0 aromatic carbocycles. The van der Waals surface area contributed by atoms with Gasteiger partial charge < -0.3 is 4.90 Å². The maximum Gasteiger partial charge on any atom is 0.158 e. The Hall–Kier alpha value is -1.65. The number of anilines is 1. The maximum atomic E-state index is 4.74. The second-order valence-electron chi connectivity index (χ2n) is 4.59. The van der Waals surface area contributed by atoms with E-state index in [2.05, 4.69) is 42.7 Å². The smallest absolute Gasteiger partial charge is 0.158 e. The van der Waals surface area contributed by atoms with Crippen LogP contribution in [0.15, 0.2) is 0 Å². The van der Waals surface area contributed by atoms with Crippen molar-refractivity contribution in [1.29, 1.82) is 0 Å². The second kappa shape index (κ2) is 5.55. The van der Waals surface area contributed by atoms with Crippen molar-refractivity contribution in [2.75, 3.05) is 18.0 Å². The molecule has 0 spiro atoms. The first-order valence-corrected chi connectivity index (χ1v) is 7.15. The monoisotopic (exact) mass is 261 g/mol. The molecule has 0 atom stereocenters. The molecule has 2 rings (SSSR count). The predicted molar refractivity (Wildman–Crippen MR) is 78.7 cm³/mol. The Labute approximate surface area is 114 Å². The first kappa shape index (κ1) is 13.8. The van der Waals surface area contributed by atoms with Crippen LogP contribution in [0.5, 0.6) is 0 Å². The summed E-state index contributed by atoms with van der Waals surface area (Å²) in [4.78, 5) is 11.7. The average Bonchev–Trinajstić information content (AvgIpc) is 2.76. The van der Waals surface area contributed by atoms with E-state index in [1.165, 1.54) is 0 Å². The van der Waals surface area contributed by atoms with Crippen LogP contribution in [0.1, 0.15) is 39.2 Å². The van der Waals surface area contributed by atoms with Crippen LogP contribution >= 0.6 is 0 Å². The Morgan fingerprint density at radius 3 is 2.26 bits per heavy atom. The molecule has 0 N–H and O–H groups in total. The minimum absolute atomic E-state index is 0.841. The van der Waals surface area contributed by atoms with Gasteiger partial charge in [-0.25, -0.2) is 9.97 Å². The fourth-order valence-corrected chi connectivity index (χ4v) is 2.39. The fraction of sp³-hybridized carbons (Fsp3) is 0.643. The summed E-state index contributed by atoms with van der Waals surface area (Å²) >= 11 is 0. The third-order valence-electron chi connectivity index (χ3n) is 3.46. The van der Waals surface area contributed by atoms with E-state index in [1.807, 2.05) is 11.6 Å². The first-order chi connectivity index (χ1) is 9.15. The molecular weight excluding hydrogens is 238 g/mol. The lowest BCUT2D eigenvalue weighted by Gasteiger charge is -2.21. The molecule has 2 heterocycles. The van der Waals surface area contributed by atoms with Crippen LogP contribution in [-0.4, -0.2) is 32.8 Å². The van der Waals surface area contributed by atoms with Crippen LogP contribution in [0.25, 0.3) is 11.0 Å². The Balaban J connectivity index is 2.77. The molecule has 5 nitrogen and oxygen atoms in total. The Morgan fingerprint density at radius 2 is 1.74 bits per heavy atom. The molecular formula is C14H23N5. The van der Waals surface area contributed by atoms with Gasteiger partial charge >= 0.3 is 0 Å². The molecule has 2 aromatic rings. The van der Waals surface area contributed by atoms with Crippen LogP contribution in [-0.2, 0) is 13.0 Å². The van der Waals surface area contributed by atoms with E-state index in [9.17, 15) is 0 Å². The quantitative estimate of drug-likeness (QED) is 0.830. The van der Waals surface area contributed by atoms with Crippen molar-refractivity contribution in [2.45, 2.75) is 47.6 Å². The molecule has 0 bridgehead atoms. The predicted octanol–water partition coefficient (Wildman–Crippen LogP) is 2.56. The van der Waals surface area contributed by atoms with E-state index in [-0.39, 0.29) is 0 Å². The lowest BCUT2D eigenvalue weighted by molar-refractivity contribution is 0.672. The summed E-state index contributed by atoms with van der Waals surface area (Å²) in [6.45, 7) is 13.3. The highest BCUT2D eigenvalue weighted by molar-refractivity contribution is 5.88. The molecule has 104 valence electrons. The number of aryl methyl sites for hydroxylation is 3. The normalized spacial score (nSPS) is 11.2. The first-order valence-electron chi connectivity index (χ1n) is 7.15. The van der Waals surface area contributed by atoms with Crippen LogP contribution in [0.3, 0.4) is 0 Å². The van der Waals surface area contributed by atoms with Gasteiger partial charge in [-0.05, 0) is 27.7 Å². The number of hydrogen-bond donors (Lipinski definition) is 0. The van der Waals surface area contributed by atoms with Crippen LogP contribution in [0.4, 0.5) is 5.82 Å². The van der Waals surface area contributed by atoms with Crippen molar-refractivity contribution < 1.29 is 0 Å². The lowest BCUT2D eigenvalue weighted by Crippen LogP contribution is -2.24. The summed E-state index contributed by atoms with van der Waals surface area (Å²) < 4.78 is 2.01. The van der Waals surface area contributed by atoms with Gasteiger partial charge in [0.2, 0.25) is 0 Å². The van der Waals surface area contributed by atoms with Crippen molar-refractivity contribution >= 4 is 16.9 Å². The number of aromatic nitrogens is 4. The molecule has 0 fully saturated rings. The number of fused-ring (bicyclic) bond motifs is 1. The molecule has 0 aliphatic heterocycles. The minimum atomic E-state index is 0.841. The van der Waals surface area contributed by atoms with E-state index < -0.39 is 0 Å². The Morgan fingerprint density at radius 1 is 1.05 bits per heavy atom. The molecule has 0 aliphatic carbocycles. The number of nitrogens with zero attached hydrogens (tertiary/aromatic N) is 5. The van der Waals surface area contributed by atoms with E-state index in [4.69, 9.17) is 4.98 Å². The molecule has 2 aromatic heterocycles. The average molecular weight is 261 g/mol. The Bertz CT molecular complexity index is 569. The Kier molecular flexibility index (Phi) is 4.02. The highest BCUT2D eigenvalue weighted by atomic mass is 15.3. The number of hydrogen-bond acceptors (Lipinski definition) is 4. The van der Waals surface area contributed by atoms with Gasteiger partial charge in [-0.15, -0.1) is 0 Å². The van der Waals surface area contributed by atoms with Crippen molar-refractivity contribution in [2.24, 2.45) is 0 Å². The van der Waals surface area contributed by atoms with Gasteiger partial charge in [0.05, 0.1) is 5.69 Å². The summed E-state index contributed by atoms with van der Waals surface area (Å²) in [6, 6.07) is 0. The molecule has 0 unspecified atom stereocenters. The summed E-state index contributed by atoms with van der Waals surface area (Å²) in [5, 5.41) is 4.58. The highest BCUT2D eigenvalue weighted by Gasteiger charge is 2.18. The van der Waals surface area contributed by atoms with Crippen molar-refractivity contribution in [3.63, 3.8) is 0 Å². The van der Waals surface area contributed by atoms with Gasteiger partial charge in [0.25, 0.3) is 0 Å². The van der Waals surface area contributed by atoms with Gasteiger partial charge in [-0.1, -0.05) is 6.92 Å². The van der Waals surface area contributed by atoms with Crippen LogP contribution in [0.2, 0.25) is 0 Å². The molecule has 0 amide bonds. The zero-order valence-electron chi connectivity index (χ0n) is 12.6. The van der Waals surface area contributed by atoms with Gasteiger partial charge in [0, 0.05) is 26.1 Å². The van der Waals surface area contributed by atoms with E-state index >= 15 is 0 Å². The molecule has 0 radical (unpaired) electrons. The zero-order chi connectivity index (χ0) is 14.0. The summed E-state index contributed by atoms with van der Waals surface area (Å²) in [5.41, 5.74) is 3.05. The van der Waals surface area contributed by atoms with Crippen LogP contribution in [0, 0.1) is 6.92 Å². The summed E-state index contributed by atoms with van der Waals surface area (Å²) in [5.74, 6) is 1.92. The maximum absolute atomic E-state index is 4.74. The standard InChI is InChI=1S/C14H23N5/c1-6-11-15-12-10(5)17-19(9-4)13(12)14(16-11)18(7-2)8-3/h6-9H2,1-5H3. The van der Waals surface area contributed by atoms with Gasteiger partial charge in [0.15, 0.2) is 5.82 Å². The fourth-order valence-electron chi connectivity index (χ4n) is 2.39. The third kappa shape index (κ3) is 2.29. The molecule has 5 heteroatoms. The lowest BCUT2D eigenvalue weighted by atomic mass is 10.3. The van der Waals surface area contributed by atoms with Crippen molar-refractivity contribution in [3.8, 4) is 0 Å². The zero-order valence-corrected chi connectivity index (χ0v) is 12.6. The SMILES string of the molecule is CCc1nc(N(CC)CC)c2c(n1)c(C)nn2CC. The summed E-state index contributed by atoms with van der Waals surface area (Å²) in [7, 11) is 0. The number of rotatable bonds is 5. The largest absolute Gasteiger partial charge is 0.355 e. The highest BCUT2D eigenvalue weighted by Crippen LogP contribution is 2.26. The topological polar surface area (TPSA) is 46.8 Å². The van der Waals surface area contributed by atoms with E-state index in [1.54, 1.807) is 0 Å². The third-order valence-corrected chi connectivity index (χ3v) is 3.46. The van der Waals surface area contributed by atoms with Gasteiger partial charge in [0.1, 0.15) is 16.9 Å². The van der Waals surface area contributed by atoms with Gasteiger partial charge in [-0.2, -0.15) is 5.10 Å². The molecule has 0 saturated carbocycles. The minimum Gasteiger partial charge on any atom is -0.355 e. The van der Waals surface area contributed by atoms with Gasteiger partial charge in [-0.3, -0.25) is 4.68 Å². The second-order valence-corrected chi connectivity index (χ2v) is 4.59. The van der Waals surface area contributed by atoms with E-state index in [0.717, 1.165) is 54.4 Å². The molecule has 19 heavy (non-hydrogen) atoms. The van der Waals surface area contributed by atoms with E-state index in [0.29, 0.717) is 0 Å². The summed E-state index contributed by atoms with van der Waals surface area (Å²) in [6.07, 6.45) is 0.848. The van der Waals surface area contributed by atoms with Crippen molar-refractivity contribution in [3.05, 3.63) is 11.5 Å². The van der Waals surface area contributed by atoms with Crippen LogP contribution < -0.4 is 4.90 Å².